The first-order chi connectivity index (χ1) is 10.2. The number of rotatable bonds is 6. The minimum Gasteiger partial charge on any atom is -0.305 e. The lowest BCUT2D eigenvalue weighted by Gasteiger charge is -2.21. The van der Waals surface area contributed by atoms with Crippen LogP contribution in [0.4, 0.5) is 0 Å². The number of hydrogen-bond donors (Lipinski definition) is 1. The molecule has 2 heteroatoms. The highest BCUT2D eigenvalue weighted by Gasteiger charge is 2.17. The quantitative estimate of drug-likeness (QED) is 0.852. The van der Waals surface area contributed by atoms with Gasteiger partial charge in [-0.2, -0.15) is 0 Å². The average Bonchev–Trinajstić information content (AvgIpc) is 2.49. The van der Waals surface area contributed by atoms with Crippen LogP contribution in [0.5, 0.6) is 0 Å². The molecule has 0 fully saturated rings. The molecule has 0 aliphatic heterocycles. The molecule has 112 valence electrons. The van der Waals surface area contributed by atoms with Crippen LogP contribution in [-0.4, -0.2) is 11.5 Å². The molecular weight excluding hydrogens is 256 g/mol. The van der Waals surface area contributed by atoms with Crippen LogP contribution in [0.15, 0.2) is 36.5 Å². The van der Waals surface area contributed by atoms with Gasteiger partial charge >= 0.3 is 0 Å². The summed E-state index contributed by atoms with van der Waals surface area (Å²) in [7, 11) is 0. The maximum Gasteiger partial charge on any atom is 0.0754 e. The Morgan fingerprint density at radius 1 is 1.14 bits per heavy atom. The highest BCUT2D eigenvalue weighted by Crippen LogP contribution is 2.24. The van der Waals surface area contributed by atoms with E-state index in [4.69, 9.17) is 4.98 Å². The van der Waals surface area contributed by atoms with Gasteiger partial charge in [0.1, 0.15) is 0 Å². The number of nitrogens with zero attached hydrogens (tertiary/aromatic N) is 1. The molecule has 0 bridgehead atoms. The van der Waals surface area contributed by atoms with Crippen LogP contribution < -0.4 is 5.32 Å². The Kier molecular flexibility index (Phi) is 5.51. The van der Waals surface area contributed by atoms with E-state index in [0.717, 1.165) is 25.1 Å². The lowest BCUT2D eigenvalue weighted by atomic mass is 9.97. The predicted molar refractivity (Wildman–Crippen MR) is 89.7 cm³/mol. The normalized spacial score (nSPS) is 12.4. The molecule has 1 unspecified atom stereocenters. The number of nitrogens with one attached hydrogen (secondary N) is 1. The van der Waals surface area contributed by atoms with Crippen LogP contribution >= 0.6 is 0 Å². The number of aryl methyl sites for hydroxylation is 3. The fraction of sp³-hybridized carbons (Fsp3) is 0.421. The summed E-state index contributed by atoms with van der Waals surface area (Å²) in [6, 6.07) is 11.2. The Morgan fingerprint density at radius 3 is 2.62 bits per heavy atom. The van der Waals surface area contributed by atoms with Crippen LogP contribution in [-0.2, 0) is 6.42 Å². The van der Waals surface area contributed by atoms with Crippen molar-refractivity contribution in [1.82, 2.24) is 10.3 Å². The first-order valence-electron chi connectivity index (χ1n) is 7.91. The van der Waals surface area contributed by atoms with Crippen molar-refractivity contribution in [2.45, 2.75) is 46.6 Å². The van der Waals surface area contributed by atoms with E-state index in [1.165, 1.54) is 22.3 Å². The van der Waals surface area contributed by atoms with Crippen LogP contribution in [0.25, 0.3) is 0 Å². The number of aromatic nitrogens is 1. The molecule has 2 aromatic rings. The minimum absolute atomic E-state index is 0.178. The number of benzene rings is 1. The molecule has 0 amide bonds. The summed E-state index contributed by atoms with van der Waals surface area (Å²) in [5.41, 5.74) is 6.29. The smallest absolute Gasteiger partial charge is 0.0754 e. The first kappa shape index (κ1) is 15.7. The monoisotopic (exact) mass is 282 g/mol. The van der Waals surface area contributed by atoms with Crippen molar-refractivity contribution in [3.63, 3.8) is 0 Å². The molecule has 2 rings (SSSR count). The molecule has 1 aromatic heterocycles. The Morgan fingerprint density at radius 2 is 1.95 bits per heavy atom. The number of hydrogen-bond acceptors (Lipinski definition) is 2. The SMILES string of the molecule is CCCNC(c1cccc(CC)c1)c1ncc(C)cc1C. The maximum absolute atomic E-state index is 4.70. The molecule has 1 atom stereocenters. The molecule has 0 radical (unpaired) electrons. The van der Waals surface area contributed by atoms with Crippen LogP contribution in [0.2, 0.25) is 0 Å². The van der Waals surface area contributed by atoms with E-state index in [-0.39, 0.29) is 6.04 Å². The summed E-state index contributed by atoms with van der Waals surface area (Å²) in [4.78, 5) is 4.70. The molecule has 0 aliphatic rings. The van der Waals surface area contributed by atoms with E-state index >= 15 is 0 Å². The molecule has 0 saturated heterocycles. The second-order valence-electron chi connectivity index (χ2n) is 5.70. The van der Waals surface area contributed by atoms with Crippen molar-refractivity contribution in [1.29, 1.82) is 0 Å². The van der Waals surface area contributed by atoms with E-state index in [1.807, 2.05) is 6.20 Å². The van der Waals surface area contributed by atoms with Gasteiger partial charge in [0.2, 0.25) is 0 Å². The Balaban J connectivity index is 2.41. The largest absolute Gasteiger partial charge is 0.305 e. The fourth-order valence-corrected chi connectivity index (χ4v) is 2.68. The first-order valence-corrected chi connectivity index (χ1v) is 7.91. The second-order valence-corrected chi connectivity index (χ2v) is 5.70. The van der Waals surface area contributed by atoms with Gasteiger partial charge < -0.3 is 5.32 Å². The Labute approximate surface area is 128 Å². The topological polar surface area (TPSA) is 24.9 Å². The van der Waals surface area contributed by atoms with Crippen molar-refractivity contribution in [2.75, 3.05) is 6.54 Å². The lowest BCUT2D eigenvalue weighted by molar-refractivity contribution is 0.583. The van der Waals surface area contributed by atoms with Gasteiger partial charge in [0, 0.05) is 6.20 Å². The van der Waals surface area contributed by atoms with Gasteiger partial charge in [-0.15, -0.1) is 0 Å². The highest BCUT2D eigenvalue weighted by atomic mass is 14.9. The summed E-state index contributed by atoms with van der Waals surface area (Å²) < 4.78 is 0. The molecule has 21 heavy (non-hydrogen) atoms. The fourth-order valence-electron chi connectivity index (χ4n) is 2.68. The third kappa shape index (κ3) is 3.92. The summed E-state index contributed by atoms with van der Waals surface area (Å²) in [6.07, 6.45) is 4.15. The Hall–Kier alpha value is -1.67. The van der Waals surface area contributed by atoms with Gasteiger partial charge in [0.05, 0.1) is 11.7 Å². The van der Waals surface area contributed by atoms with Crippen molar-refractivity contribution in [3.05, 3.63) is 64.5 Å². The molecule has 0 saturated carbocycles. The van der Waals surface area contributed by atoms with E-state index in [1.54, 1.807) is 0 Å². The van der Waals surface area contributed by atoms with Crippen LogP contribution in [0.3, 0.4) is 0 Å². The minimum atomic E-state index is 0.178. The molecule has 0 aliphatic carbocycles. The molecule has 2 nitrogen and oxygen atoms in total. The van der Waals surface area contributed by atoms with E-state index in [0.29, 0.717) is 0 Å². The maximum atomic E-state index is 4.70. The Bertz CT molecular complexity index is 590. The zero-order valence-electron chi connectivity index (χ0n) is 13.6. The third-order valence-corrected chi connectivity index (χ3v) is 3.82. The van der Waals surface area contributed by atoms with Gasteiger partial charge in [0.25, 0.3) is 0 Å². The summed E-state index contributed by atoms with van der Waals surface area (Å²) in [5, 5.41) is 3.65. The van der Waals surface area contributed by atoms with Gasteiger partial charge in [-0.05, 0) is 55.5 Å². The van der Waals surface area contributed by atoms with Crippen LogP contribution in [0, 0.1) is 13.8 Å². The molecule has 1 heterocycles. The molecule has 1 N–H and O–H groups in total. The summed E-state index contributed by atoms with van der Waals surface area (Å²) in [6.45, 7) is 9.64. The van der Waals surface area contributed by atoms with Gasteiger partial charge in [-0.25, -0.2) is 0 Å². The number of pyridine rings is 1. The zero-order chi connectivity index (χ0) is 15.2. The highest BCUT2D eigenvalue weighted by molar-refractivity contribution is 5.35. The van der Waals surface area contributed by atoms with E-state index in [2.05, 4.69) is 63.3 Å². The molecule has 0 spiro atoms. The molecular formula is C19H26N2. The summed E-state index contributed by atoms with van der Waals surface area (Å²) in [5.74, 6) is 0. The van der Waals surface area contributed by atoms with Crippen molar-refractivity contribution in [2.24, 2.45) is 0 Å². The lowest BCUT2D eigenvalue weighted by Crippen LogP contribution is -2.25. The zero-order valence-corrected chi connectivity index (χ0v) is 13.6. The van der Waals surface area contributed by atoms with E-state index in [9.17, 15) is 0 Å². The molecule has 1 aromatic carbocycles. The average molecular weight is 282 g/mol. The van der Waals surface area contributed by atoms with Gasteiger partial charge in [0.15, 0.2) is 0 Å². The van der Waals surface area contributed by atoms with Crippen molar-refractivity contribution < 1.29 is 0 Å². The second kappa shape index (κ2) is 7.37. The summed E-state index contributed by atoms with van der Waals surface area (Å²) >= 11 is 0. The predicted octanol–water partition coefficient (Wildman–Crippen LogP) is 4.35. The third-order valence-electron chi connectivity index (χ3n) is 3.82. The van der Waals surface area contributed by atoms with Crippen LogP contribution in [0.1, 0.15) is 54.3 Å². The standard InChI is InChI=1S/C19H26N2/c1-5-10-20-19(17-9-7-8-16(6-2)12-17)18-15(4)11-14(3)13-21-18/h7-9,11-13,19-20H,5-6,10H2,1-4H3. The van der Waals surface area contributed by atoms with Crippen molar-refractivity contribution in [3.8, 4) is 0 Å². The van der Waals surface area contributed by atoms with Gasteiger partial charge in [-0.3, -0.25) is 4.98 Å². The van der Waals surface area contributed by atoms with Gasteiger partial charge in [-0.1, -0.05) is 44.2 Å². The van der Waals surface area contributed by atoms with E-state index < -0.39 is 0 Å². The van der Waals surface area contributed by atoms with Crippen molar-refractivity contribution >= 4 is 0 Å².